The minimum absolute atomic E-state index is 0.101. The van der Waals surface area contributed by atoms with Crippen LogP contribution < -0.4 is 10.1 Å². The lowest BCUT2D eigenvalue weighted by atomic mass is 10.2. The molecule has 1 heterocycles. The number of rotatable bonds is 8. The Labute approximate surface area is 191 Å². The van der Waals surface area contributed by atoms with E-state index in [0.29, 0.717) is 22.3 Å². The molecule has 32 heavy (non-hydrogen) atoms. The molecule has 1 atom stereocenters. The molecule has 12 heteroatoms. The monoisotopic (exact) mass is 476 g/mol. The zero-order chi connectivity index (χ0) is 23.5. The third-order valence-electron chi connectivity index (χ3n) is 4.65. The van der Waals surface area contributed by atoms with Crippen molar-refractivity contribution in [3.63, 3.8) is 0 Å². The Hall–Kier alpha value is -2.96. The van der Waals surface area contributed by atoms with E-state index in [2.05, 4.69) is 20.8 Å². The number of ether oxygens (including phenoxy) is 1. The number of carbonyl (C=O) groups is 1. The van der Waals surface area contributed by atoms with Gasteiger partial charge in [0.1, 0.15) is 11.4 Å². The van der Waals surface area contributed by atoms with Gasteiger partial charge in [0, 0.05) is 19.8 Å². The summed E-state index contributed by atoms with van der Waals surface area (Å²) in [5.41, 5.74) is 1.81. The minimum atomic E-state index is -3.62. The lowest BCUT2D eigenvalue weighted by Gasteiger charge is -2.16. The van der Waals surface area contributed by atoms with E-state index in [4.69, 9.17) is 4.74 Å². The van der Waals surface area contributed by atoms with Gasteiger partial charge in [-0.1, -0.05) is 30.0 Å². The lowest BCUT2D eigenvalue weighted by molar-refractivity contribution is -0.115. The van der Waals surface area contributed by atoms with Crippen LogP contribution in [0.15, 0.2) is 52.5 Å². The second-order valence-corrected chi connectivity index (χ2v) is 10.5. The number of thioether (sulfide) groups is 1. The van der Waals surface area contributed by atoms with Gasteiger partial charge in [0.25, 0.3) is 0 Å². The van der Waals surface area contributed by atoms with Gasteiger partial charge in [0.15, 0.2) is 0 Å². The molecule has 0 aliphatic carbocycles. The van der Waals surface area contributed by atoms with Crippen molar-refractivity contribution in [3.8, 4) is 11.4 Å². The topological polar surface area (TPSA) is 119 Å². The van der Waals surface area contributed by atoms with Gasteiger partial charge in [-0.25, -0.2) is 12.7 Å². The van der Waals surface area contributed by atoms with Crippen molar-refractivity contribution in [1.29, 1.82) is 0 Å². The number of aromatic nitrogens is 4. The number of hydrogen-bond acceptors (Lipinski definition) is 8. The second-order valence-electron chi connectivity index (χ2n) is 7.06. The molecule has 0 aliphatic rings. The van der Waals surface area contributed by atoms with E-state index in [0.717, 1.165) is 9.87 Å². The van der Waals surface area contributed by atoms with Gasteiger partial charge >= 0.3 is 0 Å². The molecular formula is C20H24N6O4S2. The fraction of sp³-hybridized carbons (Fsp3) is 0.300. The number of amides is 1. The Morgan fingerprint density at radius 2 is 1.94 bits per heavy atom. The van der Waals surface area contributed by atoms with Gasteiger partial charge in [-0.3, -0.25) is 4.79 Å². The van der Waals surface area contributed by atoms with Crippen LogP contribution in [0.3, 0.4) is 0 Å². The molecule has 1 N–H and O–H groups in total. The number of carbonyl (C=O) groups excluding carboxylic acids is 1. The normalized spacial score (nSPS) is 12.6. The summed E-state index contributed by atoms with van der Waals surface area (Å²) in [6.45, 7) is 3.51. The summed E-state index contributed by atoms with van der Waals surface area (Å²) in [6, 6.07) is 11.9. The Morgan fingerprint density at radius 3 is 2.62 bits per heavy atom. The first-order chi connectivity index (χ1) is 15.1. The summed E-state index contributed by atoms with van der Waals surface area (Å²) >= 11 is 1.17. The van der Waals surface area contributed by atoms with E-state index in [-0.39, 0.29) is 10.8 Å². The Bertz CT molecular complexity index is 1230. The van der Waals surface area contributed by atoms with Crippen molar-refractivity contribution in [1.82, 2.24) is 24.5 Å². The molecule has 3 aromatic rings. The highest BCUT2D eigenvalue weighted by molar-refractivity contribution is 8.00. The summed E-state index contributed by atoms with van der Waals surface area (Å²) in [4.78, 5) is 13.0. The van der Waals surface area contributed by atoms with Gasteiger partial charge in [-0.15, -0.1) is 5.10 Å². The average molecular weight is 477 g/mol. The van der Waals surface area contributed by atoms with E-state index >= 15 is 0 Å². The van der Waals surface area contributed by atoms with E-state index in [9.17, 15) is 13.2 Å². The SMILES string of the molecule is COc1ccccc1-n1nnnc1SC(C)C(=O)Nc1cc(S(=O)(=O)N(C)C)ccc1C. The molecular weight excluding hydrogens is 452 g/mol. The largest absolute Gasteiger partial charge is 0.494 e. The summed E-state index contributed by atoms with van der Waals surface area (Å²) in [6.07, 6.45) is 0. The molecule has 1 unspecified atom stereocenters. The maximum Gasteiger partial charge on any atom is 0.242 e. The molecule has 1 amide bonds. The number of sulfonamides is 1. The summed E-state index contributed by atoms with van der Waals surface area (Å²) < 4.78 is 32.8. The number of aryl methyl sites for hydroxylation is 1. The molecule has 0 aliphatic heterocycles. The molecule has 0 fully saturated rings. The van der Waals surface area contributed by atoms with Crippen LogP contribution in [0.1, 0.15) is 12.5 Å². The average Bonchev–Trinajstić information content (AvgIpc) is 3.22. The first kappa shape index (κ1) is 23.7. The number of anilines is 1. The number of nitrogens with zero attached hydrogens (tertiary/aromatic N) is 5. The first-order valence-electron chi connectivity index (χ1n) is 9.57. The predicted molar refractivity (Wildman–Crippen MR) is 122 cm³/mol. The molecule has 3 rings (SSSR count). The third-order valence-corrected chi connectivity index (χ3v) is 7.50. The quantitative estimate of drug-likeness (QED) is 0.492. The molecule has 0 bridgehead atoms. The maximum absolute atomic E-state index is 12.9. The van der Waals surface area contributed by atoms with Crippen LogP contribution in [-0.4, -0.2) is 65.3 Å². The Balaban J connectivity index is 1.80. The van der Waals surface area contributed by atoms with Crippen LogP contribution >= 0.6 is 11.8 Å². The van der Waals surface area contributed by atoms with Crippen molar-refractivity contribution in [2.24, 2.45) is 0 Å². The minimum Gasteiger partial charge on any atom is -0.494 e. The van der Waals surface area contributed by atoms with Crippen LogP contribution in [0.2, 0.25) is 0 Å². The third kappa shape index (κ3) is 4.92. The fourth-order valence-electron chi connectivity index (χ4n) is 2.76. The van der Waals surface area contributed by atoms with Crippen molar-refractivity contribution < 1.29 is 17.9 Å². The van der Waals surface area contributed by atoms with Crippen LogP contribution in [0, 0.1) is 6.92 Å². The summed E-state index contributed by atoms with van der Waals surface area (Å²) in [5.74, 6) is 0.278. The number of hydrogen-bond donors (Lipinski definition) is 1. The predicted octanol–water partition coefficient (Wildman–Crippen LogP) is 2.35. The highest BCUT2D eigenvalue weighted by atomic mass is 32.2. The van der Waals surface area contributed by atoms with Gasteiger partial charge in [0.05, 0.1) is 17.3 Å². The Morgan fingerprint density at radius 1 is 1.22 bits per heavy atom. The number of methoxy groups -OCH3 is 1. The number of para-hydroxylation sites is 2. The van der Waals surface area contributed by atoms with Crippen molar-refractivity contribution in [3.05, 3.63) is 48.0 Å². The molecule has 10 nitrogen and oxygen atoms in total. The van der Waals surface area contributed by atoms with E-state index in [1.165, 1.54) is 42.7 Å². The Kier molecular flexibility index (Phi) is 7.16. The molecule has 170 valence electrons. The van der Waals surface area contributed by atoms with Crippen LogP contribution in [0.25, 0.3) is 5.69 Å². The van der Waals surface area contributed by atoms with Crippen LogP contribution in [0.5, 0.6) is 5.75 Å². The van der Waals surface area contributed by atoms with E-state index in [1.807, 2.05) is 18.2 Å². The summed E-state index contributed by atoms with van der Waals surface area (Å²) in [7, 11) is 0.846. The van der Waals surface area contributed by atoms with E-state index in [1.54, 1.807) is 33.1 Å². The first-order valence-corrected chi connectivity index (χ1v) is 11.9. The van der Waals surface area contributed by atoms with Gasteiger partial charge < -0.3 is 10.1 Å². The lowest BCUT2D eigenvalue weighted by Crippen LogP contribution is -2.25. The molecule has 0 radical (unpaired) electrons. The van der Waals surface area contributed by atoms with E-state index < -0.39 is 15.3 Å². The molecule has 1 aromatic heterocycles. The zero-order valence-electron chi connectivity index (χ0n) is 18.3. The fourth-order valence-corrected chi connectivity index (χ4v) is 4.49. The number of benzene rings is 2. The van der Waals surface area contributed by atoms with Crippen LogP contribution in [-0.2, 0) is 14.8 Å². The standard InChI is InChI=1S/C20H24N6O4S2/c1-13-10-11-15(32(28,29)25(3)4)12-16(13)21-19(27)14(2)31-20-22-23-24-26(20)17-8-6-7-9-18(17)30-5/h6-12,14H,1-5H3,(H,21,27). The van der Waals surface area contributed by atoms with Crippen molar-refractivity contribution in [2.45, 2.75) is 29.1 Å². The second kappa shape index (κ2) is 9.67. The smallest absolute Gasteiger partial charge is 0.242 e. The zero-order valence-corrected chi connectivity index (χ0v) is 19.9. The van der Waals surface area contributed by atoms with Crippen LogP contribution in [0.4, 0.5) is 5.69 Å². The molecule has 0 saturated heterocycles. The van der Waals surface area contributed by atoms with Gasteiger partial charge in [-0.2, -0.15) is 4.68 Å². The molecule has 0 spiro atoms. The van der Waals surface area contributed by atoms with Gasteiger partial charge in [0.2, 0.25) is 21.1 Å². The summed E-state index contributed by atoms with van der Waals surface area (Å²) in [5, 5.41) is 14.4. The number of tetrazole rings is 1. The molecule has 2 aromatic carbocycles. The highest BCUT2D eigenvalue weighted by Gasteiger charge is 2.23. The van der Waals surface area contributed by atoms with Gasteiger partial charge in [-0.05, 0) is 54.1 Å². The van der Waals surface area contributed by atoms with Crippen molar-refractivity contribution in [2.75, 3.05) is 26.5 Å². The number of nitrogens with one attached hydrogen (secondary N) is 1. The highest BCUT2D eigenvalue weighted by Crippen LogP contribution is 2.29. The maximum atomic E-state index is 12.9. The molecule has 0 saturated carbocycles. The van der Waals surface area contributed by atoms with Crippen molar-refractivity contribution >= 4 is 33.4 Å².